The zero-order chi connectivity index (χ0) is 16.0. The number of halogens is 1. The number of hydrogen-bond donors (Lipinski definition) is 1. The fourth-order valence-corrected chi connectivity index (χ4v) is 3.40. The lowest BCUT2D eigenvalue weighted by Crippen LogP contribution is -2.55. The monoisotopic (exact) mass is 348 g/mol. The molecule has 0 saturated carbocycles. The van der Waals surface area contributed by atoms with Crippen molar-refractivity contribution in [2.24, 2.45) is 5.73 Å². The minimum atomic E-state index is -0.724. The van der Waals surface area contributed by atoms with Gasteiger partial charge in [-0.3, -0.25) is 4.79 Å². The molecule has 2 fully saturated rings. The van der Waals surface area contributed by atoms with Crippen LogP contribution in [0, 0.1) is 0 Å². The Bertz CT molecular complexity index is 352. The Morgan fingerprint density at radius 1 is 1.30 bits per heavy atom. The lowest BCUT2D eigenvalue weighted by molar-refractivity contribution is -0.140. The molecule has 2 saturated heterocycles. The van der Waals surface area contributed by atoms with E-state index in [4.69, 9.17) is 15.2 Å². The Kier molecular flexibility index (Phi) is 8.83. The fraction of sp³-hybridized carbons (Fsp3) is 0.941. The highest BCUT2D eigenvalue weighted by atomic mass is 35.5. The summed E-state index contributed by atoms with van der Waals surface area (Å²) in [7, 11) is 0. The highest BCUT2D eigenvalue weighted by molar-refractivity contribution is 5.86. The number of nitrogens with two attached hydrogens (primary N) is 1. The number of hydrogen-bond acceptors (Lipinski definition) is 4. The lowest BCUT2D eigenvalue weighted by atomic mass is 9.94. The molecule has 0 spiro atoms. The Labute approximate surface area is 146 Å². The van der Waals surface area contributed by atoms with Gasteiger partial charge in [0.25, 0.3) is 0 Å². The molecule has 0 aliphatic carbocycles. The third-order valence-electron chi connectivity index (χ3n) is 4.78. The van der Waals surface area contributed by atoms with Crippen molar-refractivity contribution < 1.29 is 14.3 Å². The van der Waals surface area contributed by atoms with Crippen LogP contribution in [-0.4, -0.2) is 54.9 Å². The van der Waals surface area contributed by atoms with E-state index in [-0.39, 0.29) is 30.5 Å². The van der Waals surface area contributed by atoms with E-state index < -0.39 is 5.54 Å². The number of piperidine rings is 1. The number of likely N-dealkylation sites (tertiary alicyclic amines) is 1. The molecule has 2 rings (SSSR count). The first-order chi connectivity index (χ1) is 10.5. The van der Waals surface area contributed by atoms with Gasteiger partial charge < -0.3 is 20.1 Å². The van der Waals surface area contributed by atoms with Gasteiger partial charge in [-0.25, -0.2) is 0 Å². The van der Waals surface area contributed by atoms with Crippen molar-refractivity contribution in [1.29, 1.82) is 0 Å². The second-order valence-electron chi connectivity index (χ2n) is 6.98. The SMILES string of the molecule is CCCC(C)(N)C(=O)N1CCC(OCC2CCCCO2)CC1.Cl. The molecule has 5 nitrogen and oxygen atoms in total. The molecule has 0 aromatic heterocycles. The number of carbonyl (C=O) groups excluding carboxylic acids is 1. The first kappa shape index (κ1) is 20.7. The molecule has 0 aromatic carbocycles. The van der Waals surface area contributed by atoms with E-state index >= 15 is 0 Å². The number of amides is 1. The van der Waals surface area contributed by atoms with Crippen molar-refractivity contribution in [3.63, 3.8) is 0 Å². The number of carbonyl (C=O) groups is 1. The van der Waals surface area contributed by atoms with E-state index in [9.17, 15) is 4.79 Å². The molecule has 0 aromatic rings. The van der Waals surface area contributed by atoms with Crippen LogP contribution in [-0.2, 0) is 14.3 Å². The topological polar surface area (TPSA) is 64.8 Å². The van der Waals surface area contributed by atoms with Crippen LogP contribution < -0.4 is 5.73 Å². The Morgan fingerprint density at radius 2 is 2.00 bits per heavy atom. The van der Waals surface area contributed by atoms with Gasteiger partial charge in [-0.05, 0) is 45.4 Å². The van der Waals surface area contributed by atoms with E-state index in [0.717, 1.165) is 51.8 Å². The summed E-state index contributed by atoms with van der Waals surface area (Å²) < 4.78 is 11.7. The van der Waals surface area contributed by atoms with Crippen LogP contribution in [0.1, 0.15) is 58.8 Å². The van der Waals surface area contributed by atoms with Crippen LogP contribution in [0.4, 0.5) is 0 Å². The summed E-state index contributed by atoms with van der Waals surface area (Å²) in [5.41, 5.74) is 5.43. The van der Waals surface area contributed by atoms with E-state index in [1.54, 1.807) is 0 Å². The summed E-state index contributed by atoms with van der Waals surface area (Å²) >= 11 is 0. The molecular weight excluding hydrogens is 316 g/mol. The van der Waals surface area contributed by atoms with Gasteiger partial charge >= 0.3 is 0 Å². The molecular formula is C17H33ClN2O3. The van der Waals surface area contributed by atoms with Gasteiger partial charge in [-0.1, -0.05) is 13.3 Å². The summed E-state index contributed by atoms with van der Waals surface area (Å²) in [6.45, 7) is 6.99. The maximum atomic E-state index is 12.5. The molecule has 2 aliphatic rings. The van der Waals surface area contributed by atoms with Crippen molar-refractivity contribution in [3.05, 3.63) is 0 Å². The highest BCUT2D eigenvalue weighted by Gasteiger charge is 2.34. The van der Waals surface area contributed by atoms with Crippen LogP contribution in [0.25, 0.3) is 0 Å². The first-order valence-electron chi connectivity index (χ1n) is 8.84. The van der Waals surface area contributed by atoms with Crippen LogP contribution in [0.2, 0.25) is 0 Å². The average Bonchev–Trinajstić information content (AvgIpc) is 2.54. The van der Waals surface area contributed by atoms with E-state index in [1.165, 1.54) is 12.8 Å². The quantitative estimate of drug-likeness (QED) is 0.801. The zero-order valence-electron chi connectivity index (χ0n) is 14.6. The van der Waals surface area contributed by atoms with Crippen molar-refractivity contribution >= 4 is 18.3 Å². The standard InChI is InChI=1S/C17H32N2O3.ClH/c1-3-9-17(2,18)16(20)19-10-7-14(8-11-19)22-13-15-6-4-5-12-21-15;/h14-15H,3-13,18H2,1-2H3;1H. The van der Waals surface area contributed by atoms with Crippen molar-refractivity contribution in [2.45, 2.75) is 76.5 Å². The second kappa shape index (κ2) is 9.82. The molecule has 23 heavy (non-hydrogen) atoms. The average molecular weight is 349 g/mol. The van der Waals surface area contributed by atoms with E-state index in [2.05, 4.69) is 6.92 Å². The van der Waals surface area contributed by atoms with Gasteiger partial charge in [-0.15, -0.1) is 12.4 Å². The predicted molar refractivity (Wildman–Crippen MR) is 93.9 cm³/mol. The summed E-state index contributed by atoms with van der Waals surface area (Å²) in [5, 5.41) is 0. The van der Waals surface area contributed by atoms with Crippen molar-refractivity contribution in [3.8, 4) is 0 Å². The molecule has 0 bridgehead atoms. The zero-order valence-corrected chi connectivity index (χ0v) is 15.4. The minimum absolute atomic E-state index is 0. The molecule has 2 atom stereocenters. The smallest absolute Gasteiger partial charge is 0.242 e. The lowest BCUT2D eigenvalue weighted by Gasteiger charge is -2.37. The highest BCUT2D eigenvalue weighted by Crippen LogP contribution is 2.20. The van der Waals surface area contributed by atoms with Gasteiger partial charge in [0.05, 0.1) is 24.4 Å². The van der Waals surface area contributed by atoms with Gasteiger partial charge in [0.2, 0.25) is 5.91 Å². The molecule has 2 N–H and O–H groups in total. The molecule has 0 radical (unpaired) electrons. The van der Waals surface area contributed by atoms with Crippen LogP contribution in [0.15, 0.2) is 0 Å². The second-order valence-corrected chi connectivity index (χ2v) is 6.98. The summed E-state index contributed by atoms with van der Waals surface area (Å²) in [5.74, 6) is 0.0865. The number of nitrogens with zero attached hydrogens (tertiary/aromatic N) is 1. The minimum Gasteiger partial charge on any atom is -0.376 e. The van der Waals surface area contributed by atoms with Gasteiger partial charge in [0.1, 0.15) is 0 Å². The molecule has 6 heteroatoms. The normalized spacial score (nSPS) is 25.5. The molecule has 136 valence electrons. The summed E-state index contributed by atoms with van der Waals surface area (Å²) in [4.78, 5) is 14.4. The molecule has 2 aliphatic heterocycles. The molecule has 2 heterocycles. The third-order valence-corrected chi connectivity index (χ3v) is 4.78. The summed E-state index contributed by atoms with van der Waals surface area (Å²) in [6, 6.07) is 0. The Hall–Kier alpha value is -0.360. The predicted octanol–water partition coefficient (Wildman–Crippen LogP) is 2.50. The van der Waals surface area contributed by atoms with E-state index in [1.807, 2.05) is 11.8 Å². The first-order valence-corrected chi connectivity index (χ1v) is 8.84. The van der Waals surface area contributed by atoms with Crippen LogP contribution in [0.3, 0.4) is 0 Å². The Balaban J connectivity index is 0.00000264. The third kappa shape index (κ3) is 6.22. The summed E-state index contributed by atoms with van der Waals surface area (Å²) in [6.07, 6.45) is 7.53. The molecule has 2 unspecified atom stereocenters. The van der Waals surface area contributed by atoms with Crippen molar-refractivity contribution in [1.82, 2.24) is 4.90 Å². The largest absolute Gasteiger partial charge is 0.376 e. The Morgan fingerprint density at radius 3 is 2.57 bits per heavy atom. The van der Waals surface area contributed by atoms with Gasteiger partial charge in [0.15, 0.2) is 0 Å². The van der Waals surface area contributed by atoms with Crippen LogP contribution in [0.5, 0.6) is 0 Å². The molecule has 1 amide bonds. The van der Waals surface area contributed by atoms with Gasteiger partial charge in [0, 0.05) is 19.7 Å². The maximum Gasteiger partial charge on any atom is 0.242 e. The number of rotatable bonds is 6. The van der Waals surface area contributed by atoms with Crippen molar-refractivity contribution in [2.75, 3.05) is 26.3 Å². The van der Waals surface area contributed by atoms with Crippen LogP contribution >= 0.6 is 12.4 Å². The maximum absolute atomic E-state index is 12.5. The van der Waals surface area contributed by atoms with E-state index in [0.29, 0.717) is 6.61 Å². The van der Waals surface area contributed by atoms with Gasteiger partial charge in [-0.2, -0.15) is 0 Å². The number of ether oxygens (including phenoxy) is 2. The fourth-order valence-electron chi connectivity index (χ4n) is 3.40.